The Morgan fingerprint density at radius 1 is 1.09 bits per heavy atom. The van der Waals surface area contributed by atoms with Gasteiger partial charge in [0.1, 0.15) is 0 Å². The fourth-order valence-corrected chi connectivity index (χ4v) is 4.59. The van der Waals surface area contributed by atoms with Gasteiger partial charge in [0.25, 0.3) is 0 Å². The number of hydrogen-bond acceptors (Lipinski definition) is 2. The van der Waals surface area contributed by atoms with Crippen molar-refractivity contribution < 1.29 is 0 Å². The van der Waals surface area contributed by atoms with Crippen molar-refractivity contribution in [3.05, 3.63) is 71.9 Å². The minimum atomic E-state index is 0. The molecule has 0 bridgehead atoms. The summed E-state index contributed by atoms with van der Waals surface area (Å²) in [6.07, 6.45) is 6.57. The van der Waals surface area contributed by atoms with Crippen molar-refractivity contribution in [2.75, 3.05) is 26.7 Å². The number of nitrogens with one attached hydrogen (secondary N) is 3. The number of nitrogens with zero attached hydrogens (tertiary/aromatic N) is 2. The van der Waals surface area contributed by atoms with Gasteiger partial charge in [-0.1, -0.05) is 48.5 Å². The van der Waals surface area contributed by atoms with Gasteiger partial charge in [-0.3, -0.25) is 9.89 Å². The largest absolute Gasteiger partial charge is 0.361 e. The van der Waals surface area contributed by atoms with Gasteiger partial charge in [-0.2, -0.15) is 0 Å². The van der Waals surface area contributed by atoms with E-state index in [0.717, 1.165) is 51.3 Å². The molecule has 0 saturated carbocycles. The molecular weight excluding hydrogens is 509 g/mol. The molecule has 1 fully saturated rings. The summed E-state index contributed by atoms with van der Waals surface area (Å²) < 4.78 is 0. The van der Waals surface area contributed by atoms with Gasteiger partial charge in [-0.05, 0) is 49.8 Å². The fraction of sp³-hybridized carbons (Fsp3) is 0.423. The van der Waals surface area contributed by atoms with Gasteiger partial charge in [0, 0.05) is 55.9 Å². The number of halogens is 1. The zero-order valence-electron chi connectivity index (χ0n) is 19.2. The maximum atomic E-state index is 4.44. The zero-order valence-corrected chi connectivity index (χ0v) is 21.5. The van der Waals surface area contributed by atoms with Crippen molar-refractivity contribution in [2.45, 2.75) is 44.7 Å². The highest BCUT2D eigenvalue weighted by molar-refractivity contribution is 14.0. The number of aromatic nitrogens is 1. The normalized spacial score (nSPS) is 16.5. The van der Waals surface area contributed by atoms with Crippen molar-refractivity contribution >= 4 is 40.8 Å². The molecule has 1 aromatic heterocycles. The highest BCUT2D eigenvalue weighted by Gasteiger charge is 2.23. The van der Waals surface area contributed by atoms with Crippen LogP contribution < -0.4 is 10.6 Å². The molecule has 4 rings (SSSR count). The Balaban J connectivity index is 0.00000289. The first-order valence-corrected chi connectivity index (χ1v) is 11.6. The molecule has 0 amide bonds. The topological polar surface area (TPSA) is 55.5 Å². The van der Waals surface area contributed by atoms with Crippen LogP contribution in [0.2, 0.25) is 0 Å². The van der Waals surface area contributed by atoms with E-state index < -0.39 is 0 Å². The summed E-state index contributed by atoms with van der Waals surface area (Å²) in [6, 6.07) is 20.3. The van der Waals surface area contributed by atoms with Gasteiger partial charge < -0.3 is 15.6 Å². The lowest BCUT2D eigenvalue weighted by molar-refractivity contribution is 0.158. The van der Waals surface area contributed by atoms with E-state index in [1.165, 1.54) is 22.0 Å². The van der Waals surface area contributed by atoms with Gasteiger partial charge in [0.15, 0.2) is 5.96 Å². The highest BCUT2D eigenvalue weighted by Crippen LogP contribution is 2.24. The number of aromatic amines is 1. The maximum Gasteiger partial charge on any atom is 0.191 e. The number of hydrogen-bond donors (Lipinski definition) is 3. The molecule has 0 spiro atoms. The third-order valence-corrected chi connectivity index (χ3v) is 6.51. The molecule has 32 heavy (non-hydrogen) atoms. The molecule has 172 valence electrons. The lowest BCUT2D eigenvalue weighted by Crippen LogP contribution is -2.49. The second kappa shape index (κ2) is 12.3. The number of piperidine rings is 1. The van der Waals surface area contributed by atoms with Crippen molar-refractivity contribution in [2.24, 2.45) is 4.99 Å². The summed E-state index contributed by atoms with van der Waals surface area (Å²) >= 11 is 0. The van der Waals surface area contributed by atoms with E-state index in [-0.39, 0.29) is 24.0 Å². The van der Waals surface area contributed by atoms with Gasteiger partial charge in [0.2, 0.25) is 0 Å². The van der Waals surface area contributed by atoms with Gasteiger partial charge in [-0.25, -0.2) is 0 Å². The number of rotatable bonds is 7. The predicted molar refractivity (Wildman–Crippen MR) is 146 cm³/mol. The number of guanidine groups is 1. The SMILES string of the molecule is CN=C(NCCCc1c[nH]c2ccccc12)NC1CCN(C(C)c2ccccc2)CC1.I. The predicted octanol–water partition coefficient (Wildman–Crippen LogP) is 5.11. The van der Waals surface area contributed by atoms with Crippen LogP contribution >= 0.6 is 24.0 Å². The van der Waals surface area contributed by atoms with E-state index in [4.69, 9.17) is 0 Å². The molecule has 1 unspecified atom stereocenters. The van der Waals surface area contributed by atoms with Crippen LogP contribution in [0.4, 0.5) is 0 Å². The van der Waals surface area contributed by atoms with Gasteiger partial charge in [0.05, 0.1) is 0 Å². The minimum Gasteiger partial charge on any atom is -0.361 e. The van der Waals surface area contributed by atoms with E-state index in [2.05, 4.69) is 93.2 Å². The molecule has 1 aliphatic heterocycles. The molecule has 2 heterocycles. The molecule has 1 atom stereocenters. The van der Waals surface area contributed by atoms with Crippen molar-refractivity contribution in [1.82, 2.24) is 20.5 Å². The number of fused-ring (bicyclic) bond motifs is 1. The first kappa shape index (κ1) is 24.6. The average molecular weight is 546 g/mol. The second-order valence-corrected chi connectivity index (χ2v) is 8.50. The first-order chi connectivity index (χ1) is 15.2. The second-order valence-electron chi connectivity index (χ2n) is 8.50. The van der Waals surface area contributed by atoms with Crippen LogP contribution in [0.25, 0.3) is 10.9 Å². The smallest absolute Gasteiger partial charge is 0.191 e. The number of para-hydroxylation sites is 1. The highest BCUT2D eigenvalue weighted by atomic mass is 127. The quantitative estimate of drug-likeness (QED) is 0.168. The number of aliphatic imine (C=N–C) groups is 1. The Morgan fingerprint density at radius 2 is 1.81 bits per heavy atom. The van der Waals surface area contributed by atoms with Crippen LogP contribution in [0, 0.1) is 0 Å². The summed E-state index contributed by atoms with van der Waals surface area (Å²) in [4.78, 5) is 10.4. The Hall–Kier alpha value is -2.06. The number of H-pyrrole nitrogens is 1. The number of aryl methyl sites for hydroxylation is 1. The van der Waals surface area contributed by atoms with Crippen LogP contribution in [0.3, 0.4) is 0 Å². The molecule has 2 aromatic carbocycles. The molecule has 3 N–H and O–H groups in total. The third kappa shape index (κ3) is 6.25. The molecule has 3 aromatic rings. The lowest BCUT2D eigenvalue weighted by atomic mass is 10.0. The molecule has 1 saturated heterocycles. The molecule has 6 heteroatoms. The standard InChI is InChI=1S/C26H35N5.HI/c1-20(21-9-4-3-5-10-21)31-17-14-23(15-18-31)30-26(27-2)28-16-8-11-22-19-29-25-13-7-6-12-24(22)25;/h3-7,9-10,12-13,19-20,23,29H,8,11,14-18H2,1-2H3,(H2,27,28,30);1H. The Labute approximate surface area is 209 Å². The molecule has 1 aliphatic rings. The third-order valence-electron chi connectivity index (χ3n) is 6.51. The monoisotopic (exact) mass is 545 g/mol. The average Bonchev–Trinajstić information content (AvgIpc) is 3.24. The van der Waals surface area contributed by atoms with Crippen molar-refractivity contribution in [3.63, 3.8) is 0 Å². The van der Waals surface area contributed by atoms with E-state index >= 15 is 0 Å². The minimum absolute atomic E-state index is 0. The summed E-state index contributed by atoms with van der Waals surface area (Å²) in [5.41, 5.74) is 4.01. The van der Waals surface area contributed by atoms with E-state index in [9.17, 15) is 0 Å². The van der Waals surface area contributed by atoms with Gasteiger partial charge >= 0.3 is 0 Å². The molecular formula is C26H36IN5. The van der Waals surface area contributed by atoms with E-state index in [1.807, 2.05) is 7.05 Å². The van der Waals surface area contributed by atoms with E-state index in [1.54, 1.807) is 0 Å². The lowest BCUT2D eigenvalue weighted by Gasteiger charge is -2.37. The van der Waals surface area contributed by atoms with Crippen molar-refractivity contribution in [1.29, 1.82) is 0 Å². The summed E-state index contributed by atoms with van der Waals surface area (Å²) in [5, 5.41) is 8.47. The van der Waals surface area contributed by atoms with Crippen LogP contribution in [-0.2, 0) is 6.42 Å². The Kier molecular flexibility index (Phi) is 9.41. The van der Waals surface area contributed by atoms with Crippen LogP contribution in [-0.4, -0.2) is 48.6 Å². The number of likely N-dealkylation sites (tertiary alicyclic amines) is 1. The molecule has 0 radical (unpaired) electrons. The first-order valence-electron chi connectivity index (χ1n) is 11.6. The van der Waals surface area contributed by atoms with Crippen LogP contribution in [0.5, 0.6) is 0 Å². The molecule has 0 aliphatic carbocycles. The summed E-state index contributed by atoms with van der Waals surface area (Å²) in [6.45, 7) is 5.47. The zero-order chi connectivity index (χ0) is 21.5. The van der Waals surface area contributed by atoms with Crippen LogP contribution in [0.1, 0.15) is 43.4 Å². The fourth-order valence-electron chi connectivity index (χ4n) is 4.59. The number of benzene rings is 2. The summed E-state index contributed by atoms with van der Waals surface area (Å²) in [7, 11) is 1.86. The van der Waals surface area contributed by atoms with Crippen LogP contribution in [0.15, 0.2) is 65.8 Å². The Bertz CT molecular complexity index is 976. The van der Waals surface area contributed by atoms with Gasteiger partial charge in [-0.15, -0.1) is 24.0 Å². The Morgan fingerprint density at radius 3 is 2.56 bits per heavy atom. The molecule has 5 nitrogen and oxygen atoms in total. The summed E-state index contributed by atoms with van der Waals surface area (Å²) in [5.74, 6) is 0.925. The maximum absolute atomic E-state index is 4.44. The van der Waals surface area contributed by atoms with E-state index in [0.29, 0.717) is 12.1 Å². The van der Waals surface area contributed by atoms with Crippen molar-refractivity contribution in [3.8, 4) is 0 Å².